The number of nitrogens with one attached hydrogen (secondary N) is 1. The molecule has 0 spiro atoms. The smallest absolute Gasteiger partial charge is 0.261 e. The maximum absolute atomic E-state index is 12.8. The average molecular weight is 386 g/mol. The van der Waals surface area contributed by atoms with Gasteiger partial charge in [-0.3, -0.25) is 4.79 Å². The molecule has 1 amide bonds. The maximum Gasteiger partial charge on any atom is 0.261 e. The van der Waals surface area contributed by atoms with E-state index >= 15 is 0 Å². The van der Waals surface area contributed by atoms with Gasteiger partial charge in [0.1, 0.15) is 0 Å². The molecule has 0 radical (unpaired) electrons. The highest BCUT2D eigenvalue weighted by atomic mass is 32.2. The number of carbonyl (C=O) groups excluding carboxylic acids is 1. The number of benzene rings is 2. The Balaban J connectivity index is 1.58. The Morgan fingerprint density at radius 2 is 1.88 bits per heavy atom. The van der Waals surface area contributed by atoms with E-state index in [1.807, 2.05) is 36.4 Å². The lowest BCUT2D eigenvalue weighted by Gasteiger charge is -2.30. The van der Waals surface area contributed by atoms with Gasteiger partial charge in [0.25, 0.3) is 5.91 Å². The molecule has 1 N–H and O–H groups in total. The van der Waals surface area contributed by atoms with Crippen LogP contribution in [0.2, 0.25) is 0 Å². The fourth-order valence-corrected chi connectivity index (χ4v) is 5.58. The second-order valence-electron chi connectivity index (χ2n) is 6.79. The van der Waals surface area contributed by atoms with E-state index in [1.165, 1.54) is 28.7 Å². The fourth-order valence-electron chi connectivity index (χ4n) is 3.53. The van der Waals surface area contributed by atoms with Crippen molar-refractivity contribution in [2.24, 2.45) is 0 Å². The summed E-state index contributed by atoms with van der Waals surface area (Å²) < 4.78 is 24.6. The molecule has 1 aliphatic carbocycles. The zero-order chi connectivity index (χ0) is 18.3. The third-order valence-electron chi connectivity index (χ3n) is 4.78. The normalized spacial score (nSPS) is 16.1. The van der Waals surface area contributed by atoms with E-state index in [0.29, 0.717) is 22.9 Å². The molecular formula is C20H19NO3S2. The number of fused-ring (bicyclic) bond motifs is 2. The minimum Gasteiger partial charge on any atom is -0.351 e. The fraction of sp³-hybridized carbons (Fsp3) is 0.250. The quantitative estimate of drug-likeness (QED) is 0.731. The van der Waals surface area contributed by atoms with Crippen LogP contribution < -0.4 is 5.32 Å². The Morgan fingerprint density at radius 3 is 2.65 bits per heavy atom. The zero-order valence-electron chi connectivity index (χ0n) is 14.4. The van der Waals surface area contributed by atoms with Gasteiger partial charge >= 0.3 is 0 Å². The molecule has 4 nitrogen and oxygen atoms in total. The van der Waals surface area contributed by atoms with Crippen LogP contribution in [-0.4, -0.2) is 27.1 Å². The molecule has 0 aliphatic heterocycles. The standard InChI is InChI=1S/C20H19NO3S2/c1-26(23,24)12-17-16-8-4-5-9-18(16)25-19(17)20(22)21-11-14-10-13-6-2-3-7-15(13)14/h2-9,14H,10-12H2,1H3,(H,21,22). The molecule has 6 heteroatoms. The molecule has 3 aromatic rings. The summed E-state index contributed by atoms with van der Waals surface area (Å²) in [5, 5.41) is 3.85. The van der Waals surface area contributed by atoms with Crippen LogP contribution in [0.1, 0.15) is 32.3 Å². The summed E-state index contributed by atoms with van der Waals surface area (Å²) in [7, 11) is -3.23. The van der Waals surface area contributed by atoms with Gasteiger partial charge in [0.2, 0.25) is 0 Å². The molecule has 26 heavy (non-hydrogen) atoms. The first-order valence-electron chi connectivity index (χ1n) is 8.46. The molecule has 4 rings (SSSR count). The van der Waals surface area contributed by atoms with Crippen LogP contribution in [0.5, 0.6) is 0 Å². The molecule has 0 bridgehead atoms. The van der Waals surface area contributed by atoms with Crippen molar-refractivity contribution in [3.8, 4) is 0 Å². The number of carbonyl (C=O) groups is 1. The second-order valence-corrected chi connectivity index (χ2v) is 9.98. The first-order chi connectivity index (χ1) is 12.4. The van der Waals surface area contributed by atoms with Gasteiger partial charge in [-0.05, 0) is 34.6 Å². The highest BCUT2D eigenvalue weighted by Gasteiger charge is 2.27. The number of rotatable bonds is 5. The summed E-state index contributed by atoms with van der Waals surface area (Å²) in [5.74, 6) is 0.0311. The van der Waals surface area contributed by atoms with Crippen LogP contribution in [0.15, 0.2) is 48.5 Å². The molecule has 1 unspecified atom stereocenters. The largest absolute Gasteiger partial charge is 0.351 e. The molecule has 134 valence electrons. The number of sulfone groups is 1. The van der Waals surface area contributed by atoms with Crippen molar-refractivity contribution in [1.82, 2.24) is 5.32 Å². The van der Waals surface area contributed by atoms with Crippen LogP contribution >= 0.6 is 11.3 Å². The summed E-state index contributed by atoms with van der Waals surface area (Å²) in [6, 6.07) is 15.8. The van der Waals surface area contributed by atoms with Gasteiger partial charge in [-0.15, -0.1) is 11.3 Å². The van der Waals surface area contributed by atoms with Crippen molar-refractivity contribution in [2.75, 3.05) is 12.8 Å². The molecule has 1 atom stereocenters. The van der Waals surface area contributed by atoms with Gasteiger partial charge in [-0.1, -0.05) is 42.5 Å². The van der Waals surface area contributed by atoms with Crippen molar-refractivity contribution >= 4 is 37.2 Å². The minimum absolute atomic E-state index is 0.119. The van der Waals surface area contributed by atoms with E-state index in [4.69, 9.17) is 0 Å². The first kappa shape index (κ1) is 17.2. The summed E-state index contributed by atoms with van der Waals surface area (Å²) in [4.78, 5) is 13.3. The van der Waals surface area contributed by atoms with Crippen molar-refractivity contribution in [3.05, 3.63) is 70.1 Å². The van der Waals surface area contributed by atoms with Crippen LogP contribution in [0.4, 0.5) is 0 Å². The van der Waals surface area contributed by atoms with Gasteiger partial charge in [0.15, 0.2) is 9.84 Å². The van der Waals surface area contributed by atoms with Gasteiger partial charge in [0.05, 0.1) is 10.6 Å². The summed E-state index contributed by atoms with van der Waals surface area (Å²) in [5.41, 5.74) is 3.24. The van der Waals surface area contributed by atoms with Crippen molar-refractivity contribution in [1.29, 1.82) is 0 Å². The molecule has 0 saturated carbocycles. The van der Waals surface area contributed by atoms with Crippen molar-refractivity contribution < 1.29 is 13.2 Å². The van der Waals surface area contributed by atoms with Gasteiger partial charge in [-0.2, -0.15) is 0 Å². The lowest BCUT2D eigenvalue weighted by Crippen LogP contribution is -2.33. The third kappa shape index (κ3) is 3.27. The van der Waals surface area contributed by atoms with E-state index in [1.54, 1.807) is 0 Å². The molecule has 2 aromatic carbocycles. The summed E-state index contributed by atoms with van der Waals surface area (Å²) >= 11 is 1.36. The van der Waals surface area contributed by atoms with Crippen LogP contribution in [0.3, 0.4) is 0 Å². The van der Waals surface area contributed by atoms with E-state index in [-0.39, 0.29) is 11.7 Å². The Kier molecular flexibility index (Phi) is 4.32. The highest BCUT2D eigenvalue weighted by molar-refractivity contribution is 7.89. The van der Waals surface area contributed by atoms with Crippen LogP contribution in [-0.2, 0) is 22.0 Å². The Hall–Kier alpha value is -2.18. The first-order valence-corrected chi connectivity index (χ1v) is 11.3. The Bertz CT molecular complexity index is 1100. The second kappa shape index (κ2) is 6.52. The Labute approximate surface area is 156 Å². The average Bonchev–Trinajstić information content (AvgIpc) is 2.93. The minimum atomic E-state index is -3.23. The number of hydrogen-bond donors (Lipinski definition) is 1. The molecule has 1 aliphatic rings. The van der Waals surface area contributed by atoms with E-state index in [0.717, 1.165) is 16.5 Å². The predicted molar refractivity (Wildman–Crippen MR) is 106 cm³/mol. The molecule has 0 fully saturated rings. The number of hydrogen-bond acceptors (Lipinski definition) is 4. The lowest BCUT2D eigenvalue weighted by molar-refractivity contribution is 0.0953. The SMILES string of the molecule is CS(=O)(=O)Cc1c(C(=O)NCC2Cc3ccccc32)sc2ccccc12. The molecular weight excluding hydrogens is 366 g/mol. The van der Waals surface area contributed by atoms with E-state index in [9.17, 15) is 13.2 Å². The lowest BCUT2D eigenvalue weighted by atomic mass is 9.77. The highest BCUT2D eigenvalue weighted by Crippen LogP contribution is 2.35. The zero-order valence-corrected chi connectivity index (χ0v) is 16.0. The van der Waals surface area contributed by atoms with Crippen LogP contribution in [0.25, 0.3) is 10.1 Å². The summed E-state index contributed by atoms with van der Waals surface area (Å²) in [6.07, 6.45) is 2.17. The van der Waals surface area contributed by atoms with Crippen LogP contribution in [0, 0.1) is 0 Å². The van der Waals surface area contributed by atoms with Crippen molar-refractivity contribution in [3.63, 3.8) is 0 Å². The molecule has 1 heterocycles. The third-order valence-corrected chi connectivity index (χ3v) is 6.81. The monoisotopic (exact) mass is 385 g/mol. The van der Waals surface area contributed by atoms with E-state index in [2.05, 4.69) is 17.4 Å². The topological polar surface area (TPSA) is 63.2 Å². The van der Waals surface area contributed by atoms with Gasteiger partial charge in [-0.25, -0.2) is 8.42 Å². The summed E-state index contributed by atoms with van der Waals surface area (Å²) in [6.45, 7) is 0.572. The Morgan fingerprint density at radius 1 is 1.15 bits per heavy atom. The number of amides is 1. The maximum atomic E-state index is 12.8. The van der Waals surface area contributed by atoms with Gasteiger partial charge < -0.3 is 5.32 Å². The molecule has 1 aromatic heterocycles. The molecule has 0 saturated heterocycles. The van der Waals surface area contributed by atoms with Crippen molar-refractivity contribution in [2.45, 2.75) is 18.1 Å². The van der Waals surface area contributed by atoms with E-state index < -0.39 is 9.84 Å². The van der Waals surface area contributed by atoms with Gasteiger partial charge in [0, 0.05) is 23.4 Å². The predicted octanol–water partition coefficient (Wildman–Crippen LogP) is 3.52. The number of thiophene rings is 1.